The summed E-state index contributed by atoms with van der Waals surface area (Å²) in [7, 11) is -1.41. The monoisotopic (exact) mass is 322 g/mol. The average molecular weight is 322 g/mol. The third-order valence-corrected chi connectivity index (χ3v) is 5.76. The van der Waals surface area contributed by atoms with Crippen molar-refractivity contribution in [3.8, 4) is 0 Å². The second-order valence-corrected chi connectivity index (χ2v) is 7.74. The van der Waals surface area contributed by atoms with Crippen LogP contribution in [0.4, 0.5) is 0 Å². The number of hydrogen-bond acceptors (Lipinski definition) is 4. The minimum absolute atomic E-state index is 0.0787. The van der Waals surface area contributed by atoms with Gasteiger partial charge in [-0.1, -0.05) is 24.3 Å². The summed E-state index contributed by atoms with van der Waals surface area (Å²) in [4.78, 5) is 2.62. The maximum Gasteiger partial charge on any atom is 0.236 e. The maximum atomic E-state index is 12.5. The van der Waals surface area contributed by atoms with Crippen LogP contribution in [-0.4, -0.2) is 52.7 Å². The molecular formula is C16H22N2O3S. The third-order valence-electron chi connectivity index (χ3n) is 4.20. The van der Waals surface area contributed by atoms with E-state index in [1.54, 1.807) is 6.08 Å². The van der Waals surface area contributed by atoms with Crippen LogP contribution in [0.2, 0.25) is 0 Å². The van der Waals surface area contributed by atoms with E-state index in [0.29, 0.717) is 24.5 Å². The Morgan fingerprint density at radius 2 is 2.14 bits per heavy atom. The van der Waals surface area contributed by atoms with Crippen molar-refractivity contribution in [2.45, 2.75) is 18.9 Å². The standard InChI is InChI=1S/C16H22N2O3S/c1-18-8-9-21-15(12-18)11-17-22(19,20)16-7-6-13-4-2-3-5-14(13)10-16/h2-5,10,15,17H,6-9,11-12H2,1H3/t15-/m1/s1. The van der Waals surface area contributed by atoms with Crippen molar-refractivity contribution in [3.63, 3.8) is 0 Å². The molecule has 1 aromatic carbocycles. The fraction of sp³-hybridized carbons (Fsp3) is 0.500. The lowest BCUT2D eigenvalue weighted by Crippen LogP contribution is -2.46. The molecule has 6 heteroatoms. The molecule has 0 amide bonds. The summed E-state index contributed by atoms with van der Waals surface area (Å²) in [5.74, 6) is 0. The summed E-state index contributed by atoms with van der Waals surface area (Å²) < 4.78 is 33.2. The van der Waals surface area contributed by atoms with Crippen LogP contribution in [0.1, 0.15) is 17.5 Å². The summed E-state index contributed by atoms with van der Waals surface area (Å²) >= 11 is 0. The second-order valence-electron chi connectivity index (χ2n) is 5.92. The van der Waals surface area contributed by atoms with Crippen LogP contribution in [0.3, 0.4) is 0 Å². The zero-order valence-electron chi connectivity index (χ0n) is 12.8. The van der Waals surface area contributed by atoms with Crippen molar-refractivity contribution in [2.75, 3.05) is 33.3 Å². The second kappa shape index (κ2) is 6.50. The maximum absolute atomic E-state index is 12.5. The highest BCUT2D eigenvalue weighted by Crippen LogP contribution is 2.26. The number of benzene rings is 1. The molecule has 1 saturated heterocycles. The van der Waals surface area contributed by atoms with Gasteiger partial charge >= 0.3 is 0 Å². The highest BCUT2D eigenvalue weighted by molar-refractivity contribution is 7.93. The number of morpholine rings is 1. The van der Waals surface area contributed by atoms with Crippen LogP contribution in [0.5, 0.6) is 0 Å². The van der Waals surface area contributed by atoms with Crippen molar-refractivity contribution in [1.82, 2.24) is 9.62 Å². The first kappa shape index (κ1) is 15.7. The number of ether oxygens (including phenoxy) is 1. The van der Waals surface area contributed by atoms with Crippen LogP contribution in [0.15, 0.2) is 29.2 Å². The molecule has 0 radical (unpaired) electrons. The van der Waals surface area contributed by atoms with Gasteiger partial charge in [-0.25, -0.2) is 13.1 Å². The van der Waals surface area contributed by atoms with E-state index in [4.69, 9.17) is 4.74 Å². The molecular weight excluding hydrogens is 300 g/mol. The van der Waals surface area contributed by atoms with E-state index in [2.05, 4.69) is 9.62 Å². The van der Waals surface area contributed by atoms with Gasteiger partial charge in [-0.05, 0) is 37.1 Å². The van der Waals surface area contributed by atoms with E-state index in [1.807, 2.05) is 31.3 Å². The van der Waals surface area contributed by atoms with Gasteiger partial charge in [0, 0.05) is 19.6 Å². The first-order valence-electron chi connectivity index (χ1n) is 7.63. The summed E-state index contributed by atoms with van der Waals surface area (Å²) in [5, 5.41) is 0. The molecule has 2 aliphatic rings. The van der Waals surface area contributed by atoms with E-state index >= 15 is 0 Å². The smallest absolute Gasteiger partial charge is 0.236 e. The Hall–Kier alpha value is -1.21. The highest BCUT2D eigenvalue weighted by atomic mass is 32.2. The number of allylic oxidation sites excluding steroid dienone is 1. The van der Waals surface area contributed by atoms with Gasteiger partial charge < -0.3 is 9.64 Å². The summed E-state index contributed by atoms with van der Waals surface area (Å²) in [5.41, 5.74) is 2.21. The van der Waals surface area contributed by atoms with Gasteiger partial charge in [0.15, 0.2) is 0 Å². The minimum atomic E-state index is -3.43. The van der Waals surface area contributed by atoms with Crippen molar-refractivity contribution >= 4 is 16.1 Å². The van der Waals surface area contributed by atoms with Crippen molar-refractivity contribution < 1.29 is 13.2 Å². The lowest BCUT2D eigenvalue weighted by molar-refractivity contribution is -0.0156. The molecule has 1 atom stereocenters. The number of likely N-dealkylation sites (N-methyl/N-ethyl adjacent to an activating group) is 1. The predicted molar refractivity (Wildman–Crippen MR) is 86.9 cm³/mol. The zero-order valence-corrected chi connectivity index (χ0v) is 13.6. The van der Waals surface area contributed by atoms with Gasteiger partial charge in [-0.3, -0.25) is 0 Å². The molecule has 3 rings (SSSR count). The molecule has 1 N–H and O–H groups in total. The lowest BCUT2D eigenvalue weighted by Gasteiger charge is -2.30. The first-order valence-corrected chi connectivity index (χ1v) is 9.11. The molecule has 0 spiro atoms. The van der Waals surface area contributed by atoms with Crippen LogP contribution < -0.4 is 4.72 Å². The van der Waals surface area contributed by atoms with E-state index in [1.165, 1.54) is 5.56 Å². The first-order chi connectivity index (χ1) is 10.5. The Morgan fingerprint density at radius 3 is 2.95 bits per heavy atom. The number of rotatable bonds is 4. The molecule has 0 saturated carbocycles. The molecule has 0 aromatic heterocycles. The number of sulfonamides is 1. The van der Waals surface area contributed by atoms with Gasteiger partial charge in [0.25, 0.3) is 0 Å². The number of hydrogen-bond donors (Lipinski definition) is 1. The van der Waals surface area contributed by atoms with Crippen LogP contribution >= 0.6 is 0 Å². The summed E-state index contributed by atoms with van der Waals surface area (Å²) in [6, 6.07) is 7.93. The molecule has 120 valence electrons. The molecule has 5 nitrogen and oxygen atoms in total. The average Bonchev–Trinajstić information content (AvgIpc) is 2.53. The molecule has 1 aromatic rings. The minimum Gasteiger partial charge on any atom is -0.374 e. The molecule has 1 heterocycles. The van der Waals surface area contributed by atoms with Crippen LogP contribution in [-0.2, 0) is 21.2 Å². The van der Waals surface area contributed by atoms with Crippen molar-refractivity contribution in [3.05, 3.63) is 40.3 Å². The van der Waals surface area contributed by atoms with Gasteiger partial charge in [-0.2, -0.15) is 0 Å². The Kier molecular flexibility index (Phi) is 4.63. The highest BCUT2D eigenvalue weighted by Gasteiger charge is 2.24. The Morgan fingerprint density at radius 1 is 1.32 bits per heavy atom. The molecule has 0 bridgehead atoms. The van der Waals surface area contributed by atoms with E-state index in [9.17, 15) is 8.42 Å². The quantitative estimate of drug-likeness (QED) is 0.906. The van der Waals surface area contributed by atoms with Crippen LogP contribution in [0.25, 0.3) is 6.08 Å². The summed E-state index contributed by atoms with van der Waals surface area (Å²) in [6.45, 7) is 2.63. The number of nitrogens with one attached hydrogen (secondary N) is 1. The number of nitrogens with zero attached hydrogens (tertiary/aromatic N) is 1. The number of fused-ring (bicyclic) bond motifs is 1. The van der Waals surface area contributed by atoms with E-state index in [-0.39, 0.29) is 6.10 Å². The van der Waals surface area contributed by atoms with Gasteiger partial charge in [0.05, 0.1) is 17.6 Å². The third kappa shape index (κ3) is 3.57. The molecule has 1 aliphatic carbocycles. The molecule has 1 fully saturated rings. The van der Waals surface area contributed by atoms with Crippen molar-refractivity contribution in [1.29, 1.82) is 0 Å². The number of aryl methyl sites for hydroxylation is 1. The fourth-order valence-corrected chi connectivity index (χ4v) is 4.15. The van der Waals surface area contributed by atoms with Gasteiger partial charge in [0.1, 0.15) is 0 Å². The molecule has 0 unspecified atom stereocenters. The van der Waals surface area contributed by atoms with Gasteiger partial charge in [-0.15, -0.1) is 0 Å². The van der Waals surface area contributed by atoms with E-state index < -0.39 is 10.0 Å². The van der Waals surface area contributed by atoms with Crippen molar-refractivity contribution in [2.24, 2.45) is 0 Å². The Labute approximate surface area is 132 Å². The fourth-order valence-electron chi connectivity index (χ4n) is 2.90. The predicted octanol–water partition coefficient (Wildman–Crippen LogP) is 1.22. The zero-order chi connectivity index (χ0) is 15.6. The van der Waals surface area contributed by atoms with Crippen LogP contribution in [0, 0.1) is 0 Å². The SMILES string of the molecule is CN1CCO[C@H](CNS(=O)(=O)C2=Cc3ccccc3CC2)C1. The topological polar surface area (TPSA) is 58.6 Å². The molecule has 22 heavy (non-hydrogen) atoms. The van der Waals surface area contributed by atoms with Gasteiger partial charge in [0.2, 0.25) is 10.0 Å². The summed E-state index contributed by atoms with van der Waals surface area (Å²) in [6.07, 6.45) is 3.03. The Balaban J connectivity index is 1.67. The largest absolute Gasteiger partial charge is 0.374 e. The normalized spacial score (nSPS) is 23.0. The molecule has 1 aliphatic heterocycles. The Bertz CT molecular complexity index is 670. The lowest BCUT2D eigenvalue weighted by atomic mass is 9.98. The van der Waals surface area contributed by atoms with E-state index in [0.717, 1.165) is 25.1 Å².